The van der Waals surface area contributed by atoms with Crippen molar-refractivity contribution in [3.05, 3.63) is 53.9 Å². The van der Waals surface area contributed by atoms with Crippen molar-refractivity contribution in [2.75, 3.05) is 5.32 Å². The van der Waals surface area contributed by atoms with Gasteiger partial charge >= 0.3 is 12.1 Å². The van der Waals surface area contributed by atoms with Crippen LogP contribution in [0.3, 0.4) is 0 Å². The van der Waals surface area contributed by atoms with Gasteiger partial charge in [0, 0.05) is 11.1 Å². The van der Waals surface area contributed by atoms with Gasteiger partial charge in [0.25, 0.3) is 0 Å². The number of nitrogens with zero attached hydrogens (tertiary/aromatic N) is 1. The lowest BCUT2D eigenvalue weighted by molar-refractivity contribution is -0.145. The molecule has 1 N–H and O–H groups in total. The molecule has 9 heteroatoms. The summed E-state index contributed by atoms with van der Waals surface area (Å²) in [4.78, 5) is 28.5. The van der Waals surface area contributed by atoms with Crippen LogP contribution < -0.4 is 5.32 Å². The van der Waals surface area contributed by atoms with Crippen molar-refractivity contribution < 1.29 is 27.5 Å². The van der Waals surface area contributed by atoms with Crippen LogP contribution in [0.1, 0.15) is 17.7 Å². The van der Waals surface area contributed by atoms with E-state index in [0.717, 1.165) is 23.9 Å². The lowest BCUT2D eigenvalue weighted by Gasteiger charge is -2.24. The SMILES string of the molecule is O=C(C[C@H]1Sc2ccc(C(F)(F)F)cc2NC1=O)OCc1ccccn1. The minimum absolute atomic E-state index is 0.00971. The molecule has 3 rings (SSSR count). The average Bonchev–Trinajstić information content (AvgIpc) is 2.60. The number of benzene rings is 1. The molecule has 1 atom stereocenters. The highest BCUT2D eigenvalue weighted by Gasteiger charge is 2.34. The van der Waals surface area contributed by atoms with E-state index in [4.69, 9.17) is 4.74 Å². The van der Waals surface area contributed by atoms with Gasteiger partial charge in [0.2, 0.25) is 5.91 Å². The van der Waals surface area contributed by atoms with Crippen LogP contribution in [0.25, 0.3) is 0 Å². The fourth-order valence-corrected chi connectivity index (χ4v) is 3.38. The molecular weight excluding hydrogens is 369 g/mol. The summed E-state index contributed by atoms with van der Waals surface area (Å²) in [5.74, 6) is -1.12. The number of pyridine rings is 1. The highest BCUT2D eigenvalue weighted by atomic mass is 32.2. The molecular formula is C17H13F3N2O3S. The molecule has 1 amide bonds. The third-order valence-corrected chi connectivity index (χ3v) is 4.86. The first-order valence-corrected chi connectivity index (χ1v) is 8.45. The molecule has 0 saturated heterocycles. The summed E-state index contributed by atoms with van der Waals surface area (Å²) in [6, 6.07) is 8.30. The van der Waals surface area contributed by atoms with E-state index < -0.39 is 28.9 Å². The Labute approximate surface area is 150 Å². The highest BCUT2D eigenvalue weighted by molar-refractivity contribution is 8.01. The van der Waals surface area contributed by atoms with E-state index in [1.807, 2.05) is 0 Å². The highest BCUT2D eigenvalue weighted by Crippen LogP contribution is 2.40. The van der Waals surface area contributed by atoms with E-state index in [9.17, 15) is 22.8 Å². The van der Waals surface area contributed by atoms with Crippen molar-refractivity contribution in [2.45, 2.75) is 29.3 Å². The summed E-state index contributed by atoms with van der Waals surface area (Å²) in [6.07, 6.45) is -3.11. The standard InChI is InChI=1S/C17H13F3N2O3S/c18-17(19,20)10-4-5-13-12(7-10)22-16(24)14(26-13)8-15(23)25-9-11-3-1-2-6-21-11/h1-7,14H,8-9H2,(H,22,24)/t14-/m1/s1. The first kappa shape index (κ1) is 18.2. The Hall–Kier alpha value is -2.55. The number of anilines is 1. The molecule has 1 aliphatic rings. The van der Waals surface area contributed by atoms with E-state index in [0.29, 0.717) is 10.6 Å². The second-order valence-corrected chi connectivity index (χ2v) is 6.73. The molecule has 1 aliphatic heterocycles. The van der Waals surface area contributed by atoms with Gasteiger partial charge in [-0.3, -0.25) is 14.6 Å². The Morgan fingerprint density at radius 3 is 2.77 bits per heavy atom. The molecule has 0 fully saturated rings. The van der Waals surface area contributed by atoms with Crippen LogP contribution in [0, 0.1) is 0 Å². The fourth-order valence-electron chi connectivity index (χ4n) is 2.31. The van der Waals surface area contributed by atoms with Crippen LogP contribution in [0.5, 0.6) is 0 Å². The molecule has 2 heterocycles. The second kappa shape index (κ2) is 7.36. The Bertz CT molecular complexity index is 828. The molecule has 136 valence electrons. The number of rotatable bonds is 4. The van der Waals surface area contributed by atoms with Crippen molar-refractivity contribution >= 4 is 29.3 Å². The average molecular weight is 382 g/mol. The maximum atomic E-state index is 12.7. The van der Waals surface area contributed by atoms with Gasteiger partial charge in [-0.2, -0.15) is 13.2 Å². The van der Waals surface area contributed by atoms with Crippen LogP contribution in [-0.2, 0) is 27.1 Å². The van der Waals surface area contributed by atoms with Gasteiger partial charge in [-0.1, -0.05) is 6.07 Å². The molecule has 0 unspecified atom stereocenters. The molecule has 1 aromatic carbocycles. The summed E-state index contributed by atoms with van der Waals surface area (Å²) in [5, 5.41) is 1.65. The smallest absolute Gasteiger partial charge is 0.416 e. The lowest BCUT2D eigenvalue weighted by atomic mass is 10.1. The fraction of sp³-hybridized carbons (Fsp3) is 0.235. The molecule has 1 aromatic heterocycles. The second-order valence-electron chi connectivity index (χ2n) is 5.49. The van der Waals surface area contributed by atoms with Crippen LogP contribution >= 0.6 is 11.8 Å². The molecule has 2 aromatic rings. The van der Waals surface area contributed by atoms with E-state index in [1.165, 1.54) is 6.07 Å². The molecule has 0 bridgehead atoms. The first-order chi connectivity index (χ1) is 12.3. The van der Waals surface area contributed by atoms with Crippen molar-refractivity contribution in [1.82, 2.24) is 4.98 Å². The van der Waals surface area contributed by atoms with E-state index in [2.05, 4.69) is 10.3 Å². The van der Waals surface area contributed by atoms with Gasteiger partial charge in [-0.05, 0) is 30.3 Å². The number of alkyl halides is 3. The van der Waals surface area contributed by atoms with Crippen molar-refractivity contribution in [1.29, 1.82) is 0 Å². The van der Waals surface area contributed by atoms with Gasteiger partial charge < -0.3 is 10.1 Å². The minimum Gasteiger partial charge on any atom is -0.459 e. The molecule has 26 heavy (non-hydrogen) atoms. The third-order valence-electron chi connectivity index (χ3n) is 3.59. The lowest BCUT2D eigenvalue weighted by Crippen LogP contribution is -2.31. The molecule has 0 saturated carbocycles. The molecule has 0 aliphatic carbocycles. The zero-order chi connectivity index (χ0) is 18.7. The number of carbonyl (C=O) groups is 2. The number of esters is 1. The number of hydrogen-bond donors (Lipinski definition) is 1. The normalized spacial score (nSPS) is 16.6. The number of hydrogen-bond acceptors (Lipinski definition) is 5. The molecule has 0 spiro atoms. The van der Waals surface area contributed by atoms with Gasteiger partial charge in [0.15, 0.2) is 0 Å². The quantitative estimate of drug-likeness (QED) is 0.818. The Kier molecular flexibility index (Phi) is 5.17. The largest absolute Gasteiger partial charge is 0.459 e. The zero-order valence-corrected chi connectivity index (χ0v) is 14.1. The summed E-state index contributed by atoms with van der Waals surface area (Å²) >= 11 is 1.04. The van der Waals surface area contributed by atoms with Crippen molar-refractivity contribution in [2.24, 2.45) is 0 Å². The molecule has 5 nitrogen and oxygen atoms in total. The number of aromatic nitrogens is 1. The Balaban J connectivity index is 1.62. The van der Waals surface area contributed by atoms with Gasteiger partial charge in [0.05, 0.1) is 28.6 Å². The Morgan fingerprint density at radius 2 is 2.08 bits per heavy atom. The van der Waals surface area contributed by atoms with Crippen molar-refractivity contribution in [3.63, 3.8) is 0 Å². The van der Waals surface area contributed by atoms with E-state index >= 15 is 0 Å². The van der Waals surface area contributed by atoms with Gasteiger partial charge in [-0.15, -0.1) is 11.8 Å². The first-order valence-electron chi connectivity index (χ1n) is 7.57. The van der Waals surface area contributed by atoms with Crippen LogP contribution in [0.15, 0.2) is 47.5 Å². The minimum atomic E-state index is -4.49. The Morgan fingerprint density at radius 1 is 1.27 bits per heavy atom. The molecule has 0 radical (unpaired) electrons. The number of carbonyl (C=O) groups excluding carboxylic acids is 2. The number of amides is 1. The maximum absolute atomic E-state index is 12.7. The number of ether oxygens (including phenoxy) is 1. The van der Waals surface area contributed by atoms with E-state index in [-0.39, 0.29) is 18.7 Å². The van der Waals surface area contributed by atoms with Crippen LogP contribution in [-0.4, -0.2) is 22.1 Å². The van der Waals surface area contributed by atoms with E-state index in [1.54, 1.807) is 24.4 Å². The topological polar surface area (TPSA) is 68.3 Å². The van der Waals surface area contributed by atoms with Crippen LogP contribution in [0.2, 0.25) is 0 Å². The zero-order valence-electron chi connectivity index (χ0n) is 13.2. The summed E-state index contributed by atoms with van der Waals surface area (Å²) < 4.78 is 43.3. The van der Waals surface area contributed by atoms with Crippen molar-refractivity contribution in [3.8, 4) is 0 Å². The number of halogens is 3. The number of fused-ring (bicyclic) bond motifs is 1. The predicted molar refractivity (Wildman–Crippen MR) is 88.4 cm³/mol. The third kappa shape index (κ3) is 4.34. The monoisotopic (exact) mass is 382 g/mol. The number of thioether (sulfide) groups is 1. The maximum Gasteiger partial charge on any atom is 0.416 e. The predicted octanol–water partition coefficient (Wildman–Crippen LogP) is 3.65. The summed E-state index contributed by atoms with van der Waals surface area (Å²) in [6.45, 7) is -0.00971. The van der Waals surface area contributed by atoms with Gasteiger partial charge in [0.1, 0.15) is 6.61 Å². The van der Waals surface area contributed by atoms with Gasteiger partial charge in [-0.25, -0.2) is 0 Å². The number of nitrogens with one attached hydrogen (secondary N) is 1. The summed E-state index contributed by atoms with van der Waals surface area (Å²) in [7, 11) is 0. The summed E-state index contributed by atoms with van der Waals surface area (Å²) in [5.41, 5.74) is -0.176. The van der Waals surface area contributed by atoms with Crippen LogP contribution in [0.4, 0.5) is 18.9 Å².